The van der Waals surface area contributed by atoms with Crippen LogP contribution >= 0.6 is 11.8 Å². The Balaban J connectivity index is 1.83. The van der Waals surface area contributed by atoms with Crippen LogP contribution in [0.4, 0.5) is 0 Å². The molecule has 1 saturated heterocycles. The predicted molar refractivity (Wildman–Crippen MR) is 90.6 cm³/mol. The molecule has 0 spiro atoms. The second-order valence-corrected chi connectivity index (χ2v) is 6.12. The highest BCUT2D eigenvalue weighted by molar-refractivity contribution is 8.14. The van der Waals surface area contributed by atoms with E-state index in [1.807, 2.05) is 60.5 Å². The highest BCUT2D eigenvalue weighted by Crippen LogP contribution is 2.38. The van der Waals surface area contributed by atoms with Crippen molar-refractivity contribution in [1.82, 2.24) is 9.88 Å². The van der Waals surface area contributed by atoms with Crippen molar-refractivity contribution in [2.75, 3.05) is 12.3 Å². The van der Waals surface area contributed by atoms with Gasteiger partial charge < -0.3 is 10.0 Å². The molecular formula is C17H19N3OS. The average Bonchev–Trinajstić information content (AvgIpc) is 2.92. The van der Waals surface area contributed by atoms with Crippen LogP contribution in [-0.2, 0) is 12.3 Å². The first-order valence-electron chi connectivity index (χ1n) is 7.35. The summed E-state index contributed by atoms with van der Waals surface area (Å²) >= 11 is 1.60. The van der Waals surface area contributed by atoms with Crippen molar-refractivity contribution in [2.45, 2.75) is 19.2 Å². The molecule has 1 aliphatic heterocycles. The van der Waals surface area contributed by atoms with E-state index in [1.54, 1.807) is 18.0 Å². The molecule has 3 rings (SSSR count). The van der Waals surface area contributed by atoms with Gasteiger partial charge in [-0.05, 0) is 18.6 Å². The lowest BCUT2D eigenvalue weighted by atomic mass is 10.0. The maximum atomic E-state index is 11.1. The Kier molecular flexibility index (Phi) is 4.45. The summed E-state index contributed by atoms with van der Waals surface area (Å²) in [4.78, 5) is 10.8. The largest absolute Gasteiger partial charge is 0.366 e. The molecule has 1 atom stereocenters. The molecule has 2 heterocycles. The number of benzene rings is 1. The molecule has 0 radical (unpaired) electrons. The lowest BCUT2D eigenvalue weighted by Crippen LogP contribution is -2.44. The number of rotatable bonds is 4. The summed E-state index contributed by atoms with van der Waals surface area (Å²) in [7, 11) is 0. The van der Waals surface area contributed by atoms with E-state index < -0.39 is 5.72 Å². The van der Waals surface area contributed by atoms with E-state index in [9.17, 15) is 5.11 Å². The SMILES string of the molecule is CCN1C(=NCc2cccnc2)SC[C@]1(O)c1ccccc1. The van der Waals surface area contributed by atoms with Gasteiger partial charge in [0.15, 0.2) is 10.9 Å². The van der Waals surface area contributed by atoms with Crippen molar-refractivity contribution >= 4 is 16.9 Å². The number of hydrogen-bond acceptors (Lipinski definition) is 4. The third-order valence-corrected chi connectivity index (χ3v) is 4.91. The number of amidine groups is 1. The molecule has 0 aliphatic carbocycles. The van der Waals surface area contributed by atoms with Crippen LogP contribution in [0.3, 0.4) is 0 Å². The molecule has 5 heteroatoms. The van der Waals surface area contributed by atoms with Crippen LogP contribution in [0.5, 0.6) is 0 Å². The number of hydrogen-bond donors (Lipinski definition) is 1. The van der Waals surface area contributed by atoms with Gasteiger partial charge in [0.05, 0.1) is 12.3 Å². The standard InChI is InChI=1S/C17H19N3OS/c1-2-20-16(19-12-14-7-6-10-18-11-14)22-13-17(20,21)15-8-4-3-5-9-15/h3-11,21H,2,12-13H2,1H3/t17-/m0/s1. The smallest absolute Gasteiger partial charge is 0.175 e. The van der Waals surface area contributed by atoms with Gasteiger partial charge in [-0.25, -0.2) is 0 Å². The van der Waals surface area contributed by atoms with Crippen molar-refractivity contribution in [2.24, 2.45) is 4.99 Å². The van der Waals surface area contributed by atoms with Gasteiger partial charge in [-0.2, -0.15) is 0 Å². The minimum atomic E-state index is -0.978. The molecular weight excluding hydrogens is 294 g/mol. The molecule has 1 fully saturated rings. The van der Waals surface area contributed by atoms with Crippen LogP contribution in [0.25, 0.3) is 0 Å². The summed E-state index contributed by atoms with van der Waals surface area (Å²) in [6.07, 6.45) is 3.58. The van der Waals surface area contributed by atoms with E-state index in [1.165, 1.54) is 0 Å². The van der Waals surface area contributed by atoms with Crippen LogP contribution < -0.4 is 0 Å². The molecule has 2 aromatic rings. The Morgan fingerprint density at radius 1 is 1.27 bits per heavy atom. The Labute approximate surface area is 134 Å². The van der Waals surface area contributed by atoms with Crippen LogP contribution in [0, 0.1) is 0 Å². The van der Waals surface area contributed by atoms with Crippen LogP contribution in [0.2, 0.25) is 0 Å². The lowest BCUT2D eigenvalue weighted by Gasteiger charge is -2.33. The number of aliphatic imine (C=N–C) groups is 1. The average molecular weight is 313 g/mol. The second kappa shape index (κ2) is 6.50. The third kappa shape index (κ3) is 2.87. The van der Waals surface area contributed by atoms with Crippen molar-refractivity contribution < 1.29 is 5.11 Å². The van der Waals surface area contributed by atoms with Crippen LogP contribution in [-0.4, -0.2) is 32.5 Å². The molecule has 0 bridgehead atoms. The molecule has 0 amide bonds. The fourth-order valence-electron chi connectivity index (χ4n) is 2.60. The molecule has 114 valence electrons. The first-order chi connectivity index (χ1) is 10.7. The van der Waals surface area contributed by atoms with E-state index in [-0.39, 0.29) is 0 Å². The lowest BCUT2D eigenvalue weighted by molar-refractivity contribution is -0.0453. The minimum absolute atomic E-state index is 0.581. The molecule has 0 saturated carbocycles. The van der Waals surface area contributed by atoms with Gasteiger partial charge in [-0.3, -0.25) is 9.98 Å². The molecule has 1 aromatic carbocycles. The summed E-state index contributed by atoms with van der Waals surface area (Å²) in [6, 6.07) is 13.7. The van der Waals surface area contributed by atoms with Crippen molar-refractivity contribution in [3.05, 3.63) is 66.0 Å². The zero-order chi connectivity index (χ0) is 15.4. The van der Waals surface area contributed by atoms with Crippen LogP contribution in [0.15, 0.2) is 59.9 Å². The molecule has 1 N–H and O–H groups in total. The maximum absolute atomic E-state index is 11.1. The van der Waals surface area contributed by atoms with Crippen molar-refractivity contribution in [3.8, 4) is 0 Å². The minimum Gasteiger partial charge on any atom is -0.366 e. The predicted octanol–water partition coefficient (Wildman–Crippen LogP) is 2.85. The summed E-state index contributed by atoms with van der Waals surface area (Å²) in [5, 5.41) is 12.0. The highest BCUT2D eigenvalue weighted by Gasteiger charge is 2.43. The molecule has 0 unspecified atom stereocenters. The highest BCUT2D eigenvalue weighted by atomic mass is 32.2. The Morgan fingerprint density at radius 3 is 2.77 bits per heavy atom. The van der Waals surface area contributed by atoms with Gasteiger partial charge in [0.2, 0.25) is 0 Å². The molecule has 1 aliphatic rings. The number of nitrogens with zero attached hydrogens (tertiary/aromatic N) is 3. The molecule has 4 nitrogen and oxygen atoms in total. The van der Waals surface area contributed by atoms with Crippen molar-refractivity contribution in [1.29, 1.82) is 0 Å². The Morgan fingerprint density at radius 2 is 2.09 bits per heavy atom. The van der Waals surface area contributed by atoms with Gasteiger partial charge in [0.25, 0.3) is 0 Å². The Bertz CT molecular complexity index is 647. The fourth-order valence-corrected chi connectivity index (χ4v) is 3.85. The summed E-state index contributed by atoms with van der Waals surface area (Å²) in [5.74, 6) is 0.594. The van der Waals surface area contributed by atoms with Gasteiger partial charge in [0.1, 0.15) is 0 Å². The van der Waals surface area contributed by atoms with Gasteiger partial charge in [-0.1, -0.05) is 48.2 Å². The first-order valence-corrected chi connectivity index (χ1v) is 8.34. The number of aliphatic hydroxyl groups is 1. The van der Waals surface area contributed by atoms with E-state index >= 15 is 0 Å². The van der Waals surface area contributed by atoms with Gasteiger partial charge in [-0.15, -0.1) is 0 Å². The van der Waals surface area contributed by atoms with E-state index in [2.05, 4.69) is 9.98 Å². The third-order valence-electron chi connectivity index (χ3n) is 3.75. The van der Waals surface area contributed by atoms with E-state index in [0.717, 1.165) is 16.3 Å². The topological polar surface area (TPSA) is 48.7 Å². The van der Waals surface area contributed by atoms with E-state index in [4.69, 9.17) is 0 Å². The number of thioether (sulfide) groups is 1. The zero-order valence-corrected chi connectivity index (χ0v) is 13.3. The molecule has 1 aromatic heterocycles. The summed E-state index contributed by atoms with van der Waals surface area (Å²) in [6.45, 7) is 3.33. The second-order valence-electron chi connectivity index (χ2n) is 5.18. The summed E-state index contributed by atoms with van der Waals surface area (Å²) < 4.78 is 0. The van der Waals surface area contributed by atoms with E-state index in [0.29, 0.717) is 18.8 Å². The summed E-state index contributed by atoms with van der Waals surface area (Å²) in [5.41, 5.74) is 1.01. The Hall–Kier alpha value is -1.85. The monoisotopic (exact) mass is 313 g/mol. The first kappa shape index (κ1) is 15.1. The number of pyridine rings is 1. The quantitative estimate of drug-likeness (QED) is 0.943. The van der Waals surface area contributed by atoms with Gasteiger partial charge >= 0.3 is 0 Å². The fraction of sp³-hybridized carbons (Fsp3) is 0.294. The molecule has 22 heavy (non-hydrogen) atoms. The zero-order valence-electron chi connectivity index (χ0n) is 12.5. The van der Waals surface area contributed by atoms with Crippen molar-refractivity contribution in [3.63, 3.8) is 0 Å². The number of aromatic nitrogens is 1. The van der Waals surface area contributed by atoms with Gasteiger partial charge in [0, 0.05) is 24.5 Å². The maximum Gasteiger partial charge on any atom is 0.175 e. The normalized spacial score (nSPS) is 23.2. The van der Waals surface area contributed by atoms with Crippen LogP contribution in [0.1, 0.15) is 18.1 Å².